The molecule has 1 aromatic heterocycles. The minimum absolute atomic E-state index is 0.0406. The number of ether oxygens (including phenoxy) is 2. The topological polar surface area (TPSA) is 63.7 Å². The van der Waals surface area contributed by atoms with Gasteiger partial charge in [0.25, 0.3) is 5.91 Å². The number of nitrogens with one attached hydrogen (secondary N) is 1. The highest BCUT2D eigenvalue weighted by atomic mass is 35.5. The van der Waals surface area contributed by atoms with Gasteiger partial charge in [0, 0.05) is 44.1 Å². The lowest BCUT2D eigenvalue weighted by Crippen LogP contribution is -2.45. The fourth-order valence-corrected chi connectivity index (χ4v) is 4.37. The summed E-state index contributed by atoms with van der Waals surface area (Å²) in [6.07, 6.45) is 5.39. The first-order valence-electron chi connectivity index (χ1n) is 10.1. The molecule has 2 fully saturated rings. The number of carbonyl (C=O) groups excluding carboxylic acids is 1. The van der Waals surface area contributed by atoms with E-state index in [1.54, 1.807) is 18.2 Å². The predicted octanol–water partition coefficient (Wildman–Crippen LogP) is 3.57. The van der Waals surface area contributed by atoms with E-state index in [2.05, 4.69) is 15.2 Å². The molecular formula is C22H25Cl2N3O3. The van der Waals surface area contributed by atoms with Crippen molar-refractivity contribution in [3.8, 4) is 0 Å². The molecule has 2 aromatic rings. The molecule has 2 atom stereocenters. The molecule has 0 unspecified atom stereocenters. The third-order valence-corrected chi connectivity index (χ3v) is 6.33. The van der Waals surface area contributed by atoms with Crippen LogP contribution in [0.4, 0.5) is 0 Å². The molecule has 8 heteroatoms. The molecule has 1 aromatic carbocycles. The molecule has 2 aliphatic rings. The molecule has 2 saturated heterocycles. The molecule has 2 aliphatic heterocycles. The van der Waals surface area contributed by atoms with E-state index in [-0.39, 0.29) is 17.6 Å². The average Bonchev–Trinajstić information content (AvgIpc) is 3.03. The van der Waals surface area contributed by atoms with Crippen LogP contribution in [0.2, 0.25) is 10.0 Å². The standard InChI is InChI=1S/C22H25Cl2N3O3/c23-19-2-1-17(11-20(19)24)21(28)26-12-18-3-6-22(30-18)14-27(9-10-29-15-22)13-16-4-7-25-8-5-16/h1-2,4-5,7-8,11,18H,3,6,9-10,12-15H2,(H,26,28)/t18-,22-/m0/s1. The fraction of sp³-hybridized carbons (Fsp3) is 0.455. The van der Waals surface area contributed by atoms with Crippen molar-refractivity contribution in [2.75, 3.05) is 32.8 Å². The maximum absolute atomic E-state index is 12.4. The van der Waals surface area contributed by atoms with Crippen molar-refractivity contribution >= 4 is 29.1 Å². The van der Waals surface area contributed by atoms with E-state index in [0.29, 0.717) is 35.4 Å². The predicted molar refractivity (Wildman–Crippen MR) is 116 cm³/mol. The lowest BCUT2D eigenvalue weighted by atomic mass is 10.00. The van der Waals surface area contributed by atoms with Crippen LogP contribution in [0.15, 0.2) is 42.7 Å². The van der Waals surface area contributed by atoms with E-state index in [1.807, 2.05) is 24.5 Å². The second-order valence-electron chi connectivity index (χ2n) is 7.92. The number of rotatable bonds is 5. The monoisotopic (exact) mass is 449 g/mol. The van der Waals surface area contributed by atoms with Crippen LogP contribution in [-0.4, -0.2) is 60.3 Å². The van der Waals surface area contributed by atoms with Crippen LogP contribution in [0.1, 0.15) is 28.8 Å². The normalized spacial score (nSPS) is 24.7. The Bertz CT molecular complexity index is 883. The second-order valence-corrected chi connectivity index (χ2v) is 8.73. The van der Waals surface area contributed by atoms with Crippen LogP contribution in [0.25, 0.3) is 0 Å². The molecule has 1 amide bonds. The van der Waals surface area contributed by atoms with Crippen LogP contribution in [0, 0.1) is 0 Å². The molecule has 0 aliphatic carbocycles. The van der Waals surface area contributed by atoms with Crippen LogP contribution in [-0.2, 0) is 16.0 Å². The van der Waals surface area contributed by atoms with Crippen molar-refractivity contribution in [3.63, 3.8) is 0 Å². The van der Waals surface area contributed by atoms with E-state index in [4.69, 9.17) is 32.7 Å². The number of aromatic nitrogens is 1. The molecular weight excluding hydrogens is 425 g/mol. The number of benzene rings is 1. The van der Waals surface area contributed by atoms with Crippen LogP contribution in [0.3, 0.4) is 0 Å². The minimum Gasteiger partial charge on any atom is -0.377 e. The summed E-state index contributed by atoms with van der Waals surface area (Å²) in [6, 6.07) is 8.94. The SMILES string of the molecule is O=C(NC[C@@H]1CC[C@]2(COCCN(Cc3ccncc3)C2)O1)c1ccc(Cl)c(Cl)c1. The van der Waals surface area contributed by atoms with Crippen molar-refractivity contribution in [3.05, 3.63) is 63.9 Å². The smallest absolute Gasteiger partial charge is 0.251 e. The van der Waals surface area contributed by atoms with Crippen LogP contribution >= 0.6 is 23.2 Å². The minimum atomic E-state index is -0.331. The lowest BCUT2D eigenvalue weighted by molar-refractivity contribution is -0.0849. The van der Waals surface area contributed by atoms with Crippen LogP contribution < -0.4 is 5.32 Å². The van der Waals surface area contributed by atoms with E-state index in [9.17, 15) is 4.79 Å². The van der Waals surface area contributed by atoms with E-state index in [0.717, 1.165) is 32.5 Å². The Morgan fingerprint density at radius 2 is 2.07 bits per heavy atom. The summed E-state index contributed by atoms with van der Waals surface area (Å²) in [5.41, 5.74) is 1.38. The summed E-state index contributed by atoms with van der Waals surface area (Å²) in [5, 5.41) is 3.74. The molecule has 3 heterocycles. The maximum Gasteiger partial charge on any atom is 0.251 e. The Balaban J connectivity index is 1.32. The van der Waals surface area contributed by atoms with Gasteiger partial charge in [0.15, 0.2) is 0 Å². The third kappa shape index (κ3) is 5.31. The first-order chi connectivity index (χ1) is 14.5. The van der Waals surface area contributed by atoms with E-state index < -0.39 is 0 Å². The first kappa shape index (κ1) is 21.5. The molecule has 30 heavy (non-hydrogen) atoms. The van der Waals surface area contributed by atoms with Gasteiger partial charge >= 0.3 is 0 Å². The number of nitrogens with zero attached hydrogens (tertiary/aromatic N) is 2. The molecule has 0 saturated carbocycles. The van der Waals surface area contributed by atoms with Gasteiger partial charge in [-0.1, -0.05) is 23.2 Å². The quantitative estimate of drug-likeness (QED) is 0.755. The van der Waals surface area contributed by atoms with Gasteiger partial charge in [0.2, 0.25) is 0 Å². The van der Waals surface area contributed by atoms with E-state index in [1.165, 1.54) is 5.56 Å². The van der Waals surface area contributed by atoms with Gasteiger partial charge in [0.1, 0.15) is 5.60 Å². The van der Waals surface area contributed by atoms with Crippen molar-refractivity contribution in [2.24, 2.45) is 0 Å². The van der Waals surface area contributed by atoms with Gasteiger partial charge < -0.3 is 14.8 Å². The van der Waals surface area contributed by atoms with Crippen molar-refractivity contribution in [2.45, 2.75) is 31.1 Å². The van der Waals surface area contributed by atoms with Gasteiger partial charge in [-0.2, -0.15) is 0 Å². The Morgan fingerprint density at radius 1 is 1.23 bits per heavy atom. The fourth-order valence-electron chi connectivity index (χ4n) is 4.07. The zero-order valence-electron chi connectivity index (χ0n) is 16.7. The van der Waals surface area contributed by atoms with Crippen molar-refractivity contribution < 1.29 is 14.3 Å². The summed E-state index contributed by atoms with van der Waals surface area (Å²) in [6.45, 7) is 4.24. The number of halogens is 2. The van der Waals surface area contributed by atoms with Crippen LogP contribution in [0.5, 0.6) is 0 Å². The Labute approximate surface area is 186 Å². The average molecular weight is 450 g/mol. The highest BCUT2D eigenvalue weighted by molar-refractivity contribution is 6.42. The third-order valence-electron chi connectivity index (χ3n) is 5.59. The van der Waals surface area contributed by atoms with Gasteiger partial charge in [-0.15, -0.1) is 0 Å². The molecule has 1 spiro atoms. The summed E-state index contributed by atoms with van der Waals surface area (Å²) in [4.78, 5) is 18.9. The largest absolute Gasteiger partial charge is 0.377 e. The zero-order chi connectivity index (χ0) is 21.0. The number of amides is 1. The summed E-state index contributed by atoms with van der Waals surface area (Å²) < 4.78 is 12.3. The highest BCUT2D eigenvalue weighted by Gasteiger charge is 2.43. The number of pyridine rings is 1. The molecule has 160 valence electrons. The highest BCUT2D eigenvalue weighted by Crippen LogP contribution is 2.33. The molecule has 0 bridgehead atoms. The first-order valence-corrected chi connectivity index (χ1v) is 10.9. The van der Waals surface area contributed by atoms with Gasteiger partial charge in [-0.25, -0.2) is 0 Å². The molecule has 6 nitrogen and oxygen atoms in total. The Hall–Kier alpha value is -1.70. The van der Waals surface area contributed by atoms with Gasteiger partial charge in [-0.3, -0.25) is 14.7 Å². The summed E-state index contributed by atoms with van der Waals surface area (Å²) in [5.74, 6) is -0.186. The van der Waals surface area contributed by atoms with Crippen molar-refractivity contribution in [1.82, 2.24) is 15.2 Å². The number of hydrogen-bond donors (Lipinski definition) is 1. The summed E-state index contributed by atoms with van der Waals surface area (Å²) >= 11 is 11.9. The maximum atomic E-state index is 12.4. The van der Waals surface area contributed by atoms with Crippen molar-refractivity contribution in [1.29, 1.82) is 0 Å². The zero-order valence-corrected chi connectivity index (χ0v) is 18.2. The Morgan fingerprint density at radius 3 is 2.87 bits per heavy atom. The van der Waals surface area contributed by atoms with Gasteiger partial charge in [0.05, 0.1) is 29.4 Å². The van der Waals surface area contributed by atoms with E-state index >= 15 is 0 Å². The Kier molecular flexibility index (Phi) is 6.91. The molecule has 0 radical (unpaired) electrons. The lowest BCUT2D eigenvalue weighted by Gasteiger charge is -2.32. The second kappa shape index (κ2) is 9.62. The molecule has 1 N–H and O–H groups in total. The molecule has 4 rings (SSSR count). The van der Waals surface area contributed by atoms with Gasteiger partial charge in [-0.05, 0) is 48.7 Å². The number of carbonyl (C=O) groups is 1. The number of hydrogen-bond acceptors (Lipinski definition) is 5. The summed E-state index contributed by atoms with van der Waals surface area (Å²) in [7, 11) is 0.